The summed E-state index contributed by atoms with van der Waals surface area (Å²) >= 11 is 0. The van der Waals surface area contributed by atoms with Gasteiger partial charge in [0.2, 0.25) is 0 Å². The lowest BCUT2D eigenvalue weighted by molar-refractivity contribution is -0.166. The van der Waals surface area contributed by atoms with E-state index in [4.69, 9.17) is 14.2 Å². The highest BCUT2D eigenvalue weighted by molar-refractivity contribution is 5.72. The normalized spacial score (nSPS) is 13.2. The fourth-order valence-corrected chi connectivity index (χ4v) is 8.00. The zero-order chi connectivity index (χ0) is 55.7. The van der Waals surface area contributed by atoms with Crippen molar-refractivity contribution in [2.75, 3.05) is 13.2 Å². The molecule has 0 rings (SSSR count). The molecule has 6 nitrogen and oxygen atoms in total. The lowest BCUT2D eigenvalue weighted by Gasteiger charge is -2.18. The fraction of sp³-hybridized carbons (Fsp3) is 0.592. The summed E-state index contributed by atoms with van der Waals surface area (Å²) in [7, 11) is 0. The average Bonchev–Trinajstić information content (AvgIpc) is 3.43. The van der Waals surface area contributed by atoms with Gasteiger partial charge in [-0.05, 0) is 109 Å². The van der Waals surface area contributed by atoms with Gasteiger partial charge in [-0.25, -0.2) is 0 Å². The maximum absolute atomic E-state index is 12.8. The summed E-state index contributed by atoms with van der Waals surface area (Å²) in [6.07, 6.45) is 92.7. The molecule has 0 aliphatic carbocycles. The van der Waals surface area contributed by atoms with Crippen molar-refractivity contribution in [3.63, 3.8) is 0 Å². The first kappa shape index (κ1) is 72.0. The SMILES string of the molecule is CC/C=C\C/C=C\C/C=C\C/C=C\C/C=C\C/C=C\C/C=C\C/C=C\CCCCCCC(=O)OCC(COC(=O)CCCCCCCCCCCCCCCCC)OC(=O)C/C=C\C/C=C\C/C=C\C/C=C\C/C=C\CC. The van der Waals surface area contributed by atoms with Crippen LogP contribution in [0.1, 0.15) is 252 Å². The van der Waals surface area contributed by atoms with Crippen molar-refractivity contribution in [2.45, 2.75) is 258 Å². The lowest BCUT2D eigenvalue weighted by Crippen LogP contribution is -2.30. The third-order valence-corrected chi connectivity index (χ3v) is 12.6. The second-order valence-electron chi connectivity index (χ2n) is 19.9. The minimum Gasteiger partial charge on any atom is -0.462 e. The smallest absolute Gasteiger partial charge is 0.310 e. The first-order valence-electron chi connectivity index (χ1n) is 31.0. The number of hydrogen-bond acceptors (Lipinski definition) is 6. The number of ether oxygens (including phenoxy) is 3. The summed E-state index contributed by atoms with van der Waals surface area (Å²) in [6, 6.07) is 0. The number of allylic oxidation sites excluding steroid dienone is 25. The Balaban J connectivity index is 4.47. The van der Waals surface area contributed by atoms with E-state index in [1.165, 1.54) is 77.0 Å². The number of rotatable bonds is 54. The largest absolute Gasteiger partial charge is 0.462 e. The molecule has 1 unspecified atom stereocenters. The molecule has 0 aromatic carbocycles. The predicted octanol–water partition coefficient (Wildman–Crippen LogP) is 21.3. The highest BCUT2D eigenvalue weighted by atomic mass is 16.6. The Kier molecular flexibility index (Phi) is 59.5. The van der Waals surface area contributed by atoms with Crippen LogP contribution in [0.25, 0.3) is 0 Å². The standard InChI is InChI=1S/C71H112O6/c1-4-7-10-13-16-19-22-25-28-29-30-31-32-33-34-35-36-37-38-39-40-41-44-46-49-52-55-58-61-64-70(73)76-67-68(77-71(74)65-62-59-56-53-50-47-43-27-24-21-18-15-12-9-6-3)66-75-69(72)63-60-57-54-51-48-45-42-26-23-20-17-14-11-8-5-2/h7,9-10,12,16,18-19,21,25,27-28,30-31,33-34,36-37,39-40,43-44,46,50,53,59,62,68H,4-6,8,11,13-15,17,20,22-24,26,29,32,35,38,41-42,45,47-49,51-52,54-58,60-61,63-67H2,1-3H3/b10-7-,12-9-,19-16-,21-18-,28-25-,31-30-,34-33-,37-36-,40-39-,43-27-,46-44-,53-50-,62-59-. The summed E-state index contributed by atoms with van der Waals surface area (Å²) in [5.41, 5.74) is 0. The van der Waals surface area contributed by atoms with Crippen molar-refractivity contribution < 1.29 is 28.6 Å². The highest BCUT2D eigenvalue weighted by Gasteiger charge is 2.19. The molecule has 0 amide bonds. The predicted molar refractivity (Wildman–Crippen MR) is 334 cm³/mol. The van der Waals surface area contributed by atoms with Gasteiger partial charge in [0.15, 0.2) is 6.10 Å². The summed E-state index contributed by atoms with van der Waals surface area (Å²) < 4.78 is 16.8. The molecule has 6 heteroatoms. The molecular weight excluding hydrogens is 949 g/mol. The molecule has 0 fully saturated rings. The third-order valence-electron chi connectivity index (χ3n) is 12.6. The van der Waals surface area contributed by atoms with Gasteiger partial charge in [-0.1, -0.05) is 281 Å². The van der Waals surface area contributed by atoms with Crippen molar-refractivity contribution >= 4 is 17.9 Å². The van der Waals surface area contributed by atoms with E-state index in [0.29, 0.717) is 19.3 Å². The molecule has 0 saturated carbocycles. The van der Waals surface area contributed by atoms with E-state index in [1.807, 2.05) is 6.08 Å². The zero-order valence-electron chi connectivity index (χ0n) is 49.4. The first-order chi connectivity index (χ1) is 38.0. The van der Waals surface area contributed by atoms with Gasteiger partial charge >= 0.3 is 17.9 Å². The minimum absolute atomic E-state index is 0.0853. The van der Waals surface area contributed by atoms with Gasteiger partial charge in [0, 0.05) is 12.8 Å². The van der Waals surface area contributed by atoms with Gasteiger partial charge in [0.05, 0.1) is 6.42 Å². The van der Waals surface area contributed by atoms with E-state index in [1.54, 1.807) is 6.08 Å². The second-order valence-corrected chi connectivity index (χ2v) is 19.9. The molecule has 0 aromatic heterocycles. The Morgan fingerprint density at radius 3 is 0.857 bits per heavy atom. The Morgan fingerprint density at radius 2 is 0.545 bits per heavy atom. The Bertz CT molecular complexity index is 1740. The van der Waals surface area contributed by atoms with Crippen LogP contribution in [0.2, 0.25) is 0 Å². The Morgan fingerprint density at radius 1 is 0.286 bits per heavy atom. The topological polar surface area (TPSA) is 78.9 Å². The van der Waals surface area contributed by atoms with Crippen LogP contribution in [0, 0.1) is 0 Å². The van der Waals surface area contributed by atoms with E-state index >= 15 is 0 Å². The van der Waals surface area contributed by atoms with Crippen molar-refractivity contribution in [1.82, 2.24) is 0 Å². The molecule has 0 spiro atoms. The van der Waals surface area contributed by atoms with Gasteiger partial charge in [-0.15, -0.1) is 0 Å². The first-order valence-corrected chi connectivity index (χ1v) is 31.0. The van der Waals surface area contributed by atoms with Gasteiger partial charge in [-0.3, -0.25) is 14.4 Å². The summed E-state index contributed by atoms with van der Waals surface area (Å²) in [6.45, 7) is 6.30. The molecule has 0 bridgehead atoms. The number of carbonyl (C=O) groups excluding carboxylic acids is 3. The number of hydrogen-bond donors (Lipinski definition) is 0. The van der Waals surface area contributed by atoms with Gasteiger partial charge in [0.1, 0.15) is 13.2 Å². The van der Waals surface area contributed by atoms with Crippen molar-refractivity contribution in [3.05, 3.63) is 158 Å². The molecule has 0 saturated heterocycles. The van der Waals surface area contributed by atoms with E-state index in [9.17, 15) is 14.4 Å². The molecule has 0 radical (unpaired) electrons. The molecule has 0 aliphatic heterocycles. The molecule has 77 heavy (non-hydrogen) atoms. The van der Waals surface area contributed by atoms with Crippen molar-refractivity contribution in [1.29, 1.82) is 0 Å². The zero-order valence-corrected chi connectivity index (χ0v) is 49.4. The van der Waals surface area contributed by atoms with E-state index in [-0.39, 0.29) is 31.6 Å². The van der Waals surface area contributed by atoms with Crippen LogP contribution in [0.3, 0.4) is 0 Å². The van der Waals surface area contributed by atoms with Crippen molar-refractivity contribution in [3.8, 4) is 0 Å². The molecule has 0 N–H and O–H groups in total. The molecule has 432 valence electrons. The molecule has 0 aliphatic rings. The monoisotopic (exact) mass is 1060 g/mol. The Hall–Kier alpha value is -4.97. The lowest BCUT2D eigenvalue weighted by atomic mass is 10.0. The van der Waals surface area contributed by atoms with E-state index < -0.39 is 12.1 Å². The number of esters is 3. The summed E-state index contributed by atoms with van der Waals surface area (Å²) in [5, 5.41) is 0. The maximum Gasteiger partial charge on any atom is 0.310 e. The second kappa shape index (κ2) is 63.6. The van der Waals surface area contributed by atoms with Gasteiger partial charge < -0.3 is 14.2 Å². The van der Waals surface area contributed by atoms with E-state index in [0.717, 1.165) is 128 Å². The maximum atomic E-state index is 12.8. The Labute approximate surface area is 473 Å². The molecule has 1 atom stereocenters. The van der Waals surface area contributed by atoms with Crippen LogP contribution < -0.4 is 0 Å². The van der Waals surface area contributed by atoms with Crippen LogP contribution in [0.15, 0.2) is 158 Å². The third kappa shape index (κ3) is 61.8. The number of carbonyl (C=O) groups is 3. The van der Waals surface area contributed by atoms with Crippen LogP contribution in [-0.2, 0) is 28.6 Å². The summed E-state index contributed by atoms with van der Waals surface area (Å²) in [4.78, 5) is 38.2. The van der Waals surface area contributed by atoms with E-state index in [2.05, 4.69) is 167 Å². The van der Waals surface area contributed by atoms with Crippen molar-refractivity contribution in [2.24, 2.45) is 0 Å². The van der Waals surface area contributed by atoms with Crippen LogP contribution in [0.4, 0.5) is 0 Å². The van der Waals surface area contributed by atoms with Crippen LogP contribution in [0.5, 0.6) is 0 Å². The molecule has 0 heterocycles. The number of unbranched alkanes of at least 4 members (excludes halogenated alkanes) is 18. The minimum atomic E-state index is -0.850. The molecule has 0 aromatic rings. The van der Waals surface area contributed by atoms with Gasteiger partial charge in [0.25, 0.3) is 0 Å². The molecular formula is C71H112O6. The highest BCUT2D eigenvalue weighted by Crippen LogP contribution is 2.15. The fourth-order valence-electron chi connectivity index (χ4n) is 8.00. The average molecular weight is 1060 g/mol. The summed E-state index contributed by atoms with van der Waals surface area (Å²) in [5.74, 6) is -1.09. The van der Waals surface area contributed by atoms with Crippen LogP contribution >= 0.6 is 0 Å². The van der Waals surface area contributed by atoms with Crippen LogP contribution in [-0.4, -0.2) is 37.2 Å². The van der Waals surface area contributed by atoms with Gasteiger partial charge in [-0.2, -0.15) is 0 Å². The quantitative estimate of drug-likeness (QED) is 0.0261.